The van der Waals surface area contributed by atoms with Gasteiger partial charge in [-0.15, -0.1) is 0 Å². The van der Waals surface area contributed by atoms with Gasteiger partial charge in [0.05, 0.1) is 11.4 Å². The van der Waals surface area contributed by atoms with E-state index in [1.807, 2.05) is 4.90 Å². The summed E-state index contributed by atoms with van der Waals surface area (Å²) in [7, 11) is -3.72. The molecule has 1 aromatic rings. The van der Waals surface area contributed by atoms with Crippen molar-refractivity contribution in [1.29, 1.82) is 0 Å². The summed E-state index contributed by atoms with van der Waals surface area (Å²) in [5.74, 6) is -0.0938. The first kappa shape index (κ1) is 25.4. The SMILES string of the molecule is CCN(CC)S(=O)(=O)c1ccc(=O)n(CC(=O)N2CCN(CC(=O)N3CCCCC3)CC2)c1. The van der Waals surface area contributed by atoms with Crippen LogP contribution < -0.4 is 5.56 Å². The molecule has 0 N–H and O–H groups in total. The van der Waals surface area contributed by atoms with Crippen molar-refractivity contribution < 1.29 is 18.0 Å². The number of nitrogens with zero attached hydrogens (tertiary/aromatic N) is 5. The lowest BCUT2D eigenvalue weighted by Gasteiger charge is -2.36. The number of piperazine rings is 1. The van der Waals surface area contributed by atoms with E-state index in [1.165, 1.54) is 29.1 Å². The Kier molecular flexibility index (Phi) is 8.66. The third-order valence-electron chi connectivity index (χ3n) is 6.40. The predicted octanol–water partition coefficient (Wildman–Crippen LogP) is 0.0355. The number of pyridine rings is 1. The highest BCUT2D eigenvalue weighted by molar-refractivity contribution is 7.89. The number of piperidine rings is 1. The summed E-state index contributed by atoms with van der Waals surface area (Å²) in [5.41, 5.74) is -0.424. The van der Waals surface area contributed by atoms with Crippen LogP contribution in [0.5, 0.6) is 0 Å². The van der Waals surface area contributed by atoms with Crippen molar-refractivity contribution in [3.63, 3.8) is 0 Å². The van der Waals surface area contributed by atoms with Crippen LogP contribution in [0.2, 0.25) is 0 Å². The molecule has 2 aliphatic rings. The lowest BCUT2D eigenvalue weighted by atomic mass is 10.1. The molecule has 0 radical (unpaired) electrons. The zero-order chi connectivity index (χ0) is 24.0. The molecule has 0 atom stereocenters. The number of sulfonamides is 1. The fourth-order valence-corrected chi connectivity index (χ4v) is 5.81. The van der Waals surface area contributed by atoms with Gasteiger partial charge >= 0.3 is 0 Å². The number of hydrogen-bond donors (Lipinski definition) is 0. The molecule has 0 bridgehead atoms. The minimum absolute atomic E-state index is 0.000329. The summed E-state index contributed by atoms with van der Waals surface area (Å²) in [4.78, 5) is 43.2. The van der Waals surface area contributed by atoms with Gasteiger partial charge in [-0.05, 0) is 25.3 Å². The molecule has 3 rings (SSSR count). The lowest BCUT2D eigenvalue weighted by molar-refractivity contribution is -0.136. The summed E-state index contributed by atoms with van der Waals surface area (Å²) >= 11 is 0. The van der Waals surface area contributed by atoms with Gasteiger partial charge in [-0.2, -0.15) is 4.31 Å². The van der Waals surface area contributed by atoms with Crippen LogP contribution in [0, 0.1) is 0 Å². The molecular weight excluding hydrogens is 446 g/mol. The summed E-state index contributed by atoms with van der Waals surface area (Å²) in [6.45, 7) is 8.08. The van der Waals surface area contributed by atoms with Crippen LogP contribution in [0.4, 0.5) is 0 Å². The van der Waals surface area contributed by atoms with Crippen LogP contribution in [0.3, 0.4) is 0 Å². The maximum Gasteiger partial charge on any atom is 0.251 e. The van der Waals surface area contributed by atoms with Crippen molar-refractivity contribution in [1.82, 2.24) is 23.6 Å². The molecule has 2 fully saturated rings. The van der Waals surface area contributed by atoms with Gasteiger partial charge in [0.2, 0.25) is 21.8 Å². The lowest BCUT2D eigenvalue weighted by Crippen LogP contribution is -2.52. The molecule has 0 aromatic carbocycles. The number of likely N-dealkylation sites (tertiary alicyclic amines) is 1. The first-order valence-electron chi connectivity index (χ1n) is 11.7. The second kappa shape index (κ2) is 11.3. The molecule has 3 heterocycles. The Morgan fingerprint density at radius 2 is 1.42 bits per heavy atom. The Morgan fingerprint density at radius 1 is 0.848 bits per heavy atom. The molecule has 184 valence electrons. The van der Waals surface area contributed by atoms with Gasteiger partial charge in [-0.25, -0.2) is 8.42 Å². The number of hydrogen-bond acceptors (Lipinski definition) is 6. The van der Waals surface area contributed by atoms with Gasteiger partial charge in [0.1, 0.15) is 6.54 Å². The minimum atomic E-state index is -3.72. The van der Waals surface area contributed by atoms with E-state index in [0.717, 1.165) is 30.5 Å². The highest BCUT2D eigenvalue weighted by Crippen LogP contribution is 2.14. The molecular formula is C22H35N5O5S. The van der Waals surface area contributed by atoms with E-state index in [9.17, 15) is 22.8 Å². The fraction of sp³-hybridized carbons (Fsp3) is 0.682. The highest BCUT2D eigenvalue weighted by Gasteiger charge is 2.26. The van der Waals surface area contributed by atoms with E-state index >= 15 is 0 Å². The third kappa shape index (κ3) is 6.21. The van der Waals surface area contributed by atoms with E-state index in [-0.39, 0.29) is 23.3 Å². The molecule has 2 amide bonds. The first-order chi connectivity index (χ1) is 15.8. The minimum Gasteiger partial charge on any atom is -0.342 e. The second-order valence-electron chi connectivity index (χ2n) is 8.52. The number of rotatable bonds is 8. The van der Waals surface area contributed by atoms with Crippen molar-refractivity contribution in [3.05, 3.63) is 28.7 Å². The van der Waals surface area contributed by atoms with Gasteiger partial charge in [-0.3, -0.25) is 19.3 Å². The van der Waals surface area contributed by atoms with Crippen LogP contribution >= 0.6 is 0 Å². The van der Waals surface area contributed by atoms with Crippen LogP contribution in [0.25, 0.3) is 0 Å². The first-order valence-corrected chi connectivity index (χ1v) is 13.2. The molecule has 0 saturated carbocycles. The molecule has 0 spiro atoms. The van der Waals surface area contributed by atoms with Crippen molar-refractivity contribution in [3.8, 4) is 0 Å². The number of aromatic nitrogens is 1. The maximum atomic E-state index is 12.8. The zero-order valence-electron chi connectivity index (χ0n) is 19.6. The summed E-state index contributed by atoms with van der Waals surface area (Å²) in [6, 6.07) is 2.48. The van der Waals surface area contributed by atoms with E-state index in [4.69, 9.17) is 0 Å². The van der Waals surface area contributed by atoms with Gasteiger partial charge in [-0.1, -0.05) is 13.8 Å². The van der Waals surface area contributed by atoms with Gasteiger partial charge in [0.15, 0.2) is 0 Å². The smallest absolute Gasteiger partial charge is 0.251 e. The molecule has 10 nitrogen and oxygen atoms in total. The Balaban J connectivity index is 1.57. The van der Waals surface area contributed by atoms with Crippen LogP contribution in [-0.4, -0.2) is 103 Å². The molecule has 0 aliphatic carbocycles. The summed E-state index contributed by atoms with van der Waals surface area (Å²) in [6.07, 6.45) is 4.55. The third-order valence-corrected chi connectivity index (χ3v) is 8.43. The molecule has 2 saturated heterocycles. The normalized spacial score (nSPS) is 18.0. The molecule has 2 aliphatic heterocycles. The van der Waals surface area contributed by atoms with E-state index < -0.39 is 15.6 Å². The Hall–Kier alpha value is -2.24. The van der Waals surface area contributed by atoms with Crippen molar-refractivity contribution in [2.24, 2.45) is 0 Å². The van der Waals surface area contributed by atoms with E-state index in [1.54, 1.807) is 18.7 Å². The molecule has 0 unspecified atom stereocenters. The summed E-state index contributed by atoms with van der Waals surface area (Å²) < 4.78 is 28.0. The van der Waals surface area contributed by atoms with Crippen molar-refractivity contribution >= 4 is 21.8 Å². The average Bonchev–Trinajstić information content (AvgIpc) is 2.82. The number of carbonyl (C=O) groups is 2. The zero-order valence-corrected chi connectivity index (χ0v) is 20.4. The largest absolute Gasteiger partial charge is 0.342 e. The Bertz CT molecular complexity index is 991. The summed E-state index contributed by atoms with van der Waals surface area (Å²) in [5, 5.41) is 0. The van der Waals surface area contributed by atoms with E-state index in [0.29, 0.717) is 45.8 Å². The molecule has 33 heavy (non-hydrogen) atoms. The highest BCUT2D eigenvalue weighted by atomic mass is 32.2. The predicted molar refractivity (Wildman–Crippen MR) is 124 cm³/mol. The van der Waals surface area contributed by atoms with E-state index in [2.05, 4.69) is 4.90 Å². The Labute approximate surface area is 195 Å². The molecule has 11 heteroatoms. The number of amides is 2. The quantitative estimate of drug-likeness (QED) is 0.519. The van der Waals surface area contributed by atoms with Crippen LogP contribution in [0.1, 0.15) is 33.1 Å². The van der Waals surface area contributed by atoms with Gasteiger partial charge < -0.3 is 14.4 Å². The fourth-order valence-electron chi connectivity index (χ4n) is 4.33. The topological polar surface area (TPSA) is 103 Å². The van der Waals surface area contributed by atoms with Gasteiger partial charge in [0.25, 0.3) is 5.56 Å². The Morgan fingerprint density at radius 3 is 2.03 bits per heavy atom. The average molecular weight is 482 g/mol. The van der Waals surface area contributed by atoms with Crippen LogP contribution in [-0.2, 0) is 26.2 Å². The standard InChI is InChI=1S/C22H35N5O5S/c1-3-27(4-2)33(31,32)19-8-9-20(28)26(16-19)18-22(30)25-14-12-23(13-15-25)17-21(29)24-10-6-5-7-11-24/h8-9,16H,3-7,10-15,17-18H2,1-2H3. The monoisotopic (exact) mass is 481 g/mol. The van der Waals surface area contributed by atoms with Crippen LogP contribution in [0.15, 0.2) is 28.0 Å². The molecule has 1 aromatic heterocycles. The van der Waals surface area contributed by atoms with Crippen molar-refractivity contribution in [2.75, 3.05) is 58.9 Å². The van der Waals surface area contributed by atoms with Gasteiger partial charge in [0, 0.05) is 64.6 Å². The maximum absolute atomic E-state index is 12.8. The number of carbonyl (C=O) groups excluding carboxylic acids is 2. The second-order valence-corrected chi connectivity index (χ2v) is 10.5. The van der Waals surface area contributed by atoms with Crippen molar-refractivity contribution in [2.45, 2.75) is 44.6 Å².